The molecule has 2 aromatic carbocycles. The van der Waals surface area contributed by atoms with Crippen molar-refractivity contribution in [1.29, 1.82) is 0 Å². The van der Waals surface area contributed by atoms with Gasteiger partial charge in [-0.05, 0) is 30.2 Å². The maximum atomic E-state index is 12.7. The highest BCUT2D eigenvalue weighted by atomic mass is 35.5. The molecule has 1 heterocycles. The van der Waals surface area contributed by atoms with Gasteiger partial charge in [0.25, 0.3) is 17.4 Å². The van der Waals surface area contributed by atoms with Crippen molar-refractivity contribution in [3.63, 3.8) is 0 Å². The van der Waals surface area contributed by atoms with Crippen molar-refractivity contribution in [2.24, 2.45) is 5.92 Å². The van der Waals surface area contributed by atoms with Crippen LogP contribution in [0.25, 0.3) is 10.9 Å². The van der Waals surface area contributed by atoms with E-state index in [2.05, 4.69) is 15.7 Å². The third-order valence-electron chi connectivity index (χ3n) is 4.25. The summed E-state index contributed by atoms with van der Waals surface area (Å²) in [5.74, 6) is -1.23. The Balaban J connectivity index is 1.82. The minimum atomic E-state index is -0.873. The highest BCUT2D eigenvalue weighted by Gasteiger charge is 2.26. The van der Waals surface area contributed by atoms with Gasteiger partial charge in [0.15, 0.2) is 0 Å². The predicted octanol–water partition coefficient (Wildman–Crippen LogP) is 2.57. The third kappa shape index (κ3) is 4.04. The van der Waals surface area contributed by atoms with Crippen LogP contribution in [0.4, 0.5) is 0 Å². The molecule has 3 rings (SSSR count). The number of rotatable bonds is 5. The van der Waals surface area contributed by atoms with Crippen molar-refractivity contribution < 1.29 is 9.59 Å². The highest BCUT2D eigenvalue weighted by Crippen LogP contribution is 2.15. The Kier molecular flexibility index (Phi) is 5.75. The van der Waals surface area contributed by atoms with Gasteiger partial charge >= 0.3 is 0 Å². The molecule has 8 heteroatoms. The Morgan fingerprint density at radius 2 is 1.75 bits per heavy atom. The first kappa shape index (κ1) is 19.6. The number of aromatic nitrogens is 2. The summed E-state index contributed by atoms with van der Waals surface area (Å²) in [6.45, 7) is 3.58. The summed E-state index contributed by atoms with van der Waals surface area (Å²) in [6, 6.07) is 12.5. The Labute approximate surface area is 166 Å². The van der Waals surface area contributed by atoms with E-state index in [0.717, 1.165) is 4.68 Å². The van der Waals surface area contributed by atoms with Crippen LogP contribution in [0.3, 0.4) is 0 Å². The van der Waals surface area contributed by atoms with E-state index in [1.807, 2.05) is 0 Å². The second kappa shape index (κ2) is 8.22. The first-order valence-electron chi connectivity index (χ1n) is 8.71. The van der Waals surface area contributed by atoms with E-state index >= 15 is 0 Å². The second-order valence-electron chi connectivity index (χ2n) is 6.59. The normalized spacial score (nSPS) is 12.0. The lowest BCUT2D eigenvalue weighted by Crippen LogP contribution is -2.50. The number of amides is 2. The average Bonchev–Trinajstić information content (AvgIpc) is 2.68. The van der Waals surface area contributed by atoms with E-state index in [4.69, 9.17) is 11.6 Å². The molecule has 0 saturated carbocycles. The van der Waals surface area contributed by atoms with Crippen molar-refractivity contribution >= 4 is 34.3 Å². The number of carbonyl (C=O) groups excluding carboxylic acids is 2. The summed E-state index contributed by atoms with van der Waals surface area (Å²) in [5, 5.41) is 3.35. The Hall–Kier alpha value is -3.19. The van der Waals surface area contributed by atoms with Crippen LogP contribution in [0.5, 0.6) is 0 Å². The quantitative estimate of drug-likeness (QED) is 0.690. The Bertz CT molecular complexity index is 1090. The zero-order valence-electron chi connectivity index (χ0n) is 15.3. The van der Waals surface area contributed by atoms with Crippen LogP contribution in [0.1, 0.15) is 24.2 Å². The number of hydrogen-bond acceptors (Lipinski definition) is 4. The number of halogens is 1. The van der Waals surface area contributed by atoms with Crippen molar-refractivity contribution in [3.8, 4) is 0 Å². The highest BCUT2D eigenvalue weighted by molar-refractivity contribution is 6.33. The summed E-state index contributed by atoms with van der Waals surface area (Å²) in [4.78, 5) is 42.0. The van der Waals surface area contributed by atoms with Gasteiger partial charge in [0.1, 0.15) is 12.4 Å². The van der Waals surface area contributed by atoms with Gasteiger partial charge in [0.2, 0.25) is 0 Å². The largest absolute Gasteiger partial charge is 0.340 e. The molecule has 1 unspecified atom stereocenters. The van der Waals surface area contributed by atoms with Crippen LogP contribution in [0.15, 0.2) is 59.7 Å². The van der Waals surface area contributed by atoms with Gasteiger partial charge in [-0.3, -0.25) is 19.8 Å². The smallest absolute Gasteiger partial charge is 0.280 e. The molecule has 1 atom stereocenters. The molecule has 0 fully saturated rings. The summed E-state index contributed by atoms with van der Waals surface area (Å²) in [6.07, 6.45) is 1.25. The minimum Gasteiger partial charge on any atom is -0.340 e. The van der Waals surface area contributed by atoms with E-state index < -0.39 is 23.4 Å². The van der Waals surface area contributed by atoms with Crippen LogP contribution >= 0.6 is 11.6 Å². The molecule has 28 heavy (non-hydrogen) atoms. The third-order valence-corrected chi connectivity index (χ3v) is 4.58. The Morgan fingerprint density at radius 3 is 2.46 bits per heavy atom. The number of para-hydroxylation sites is 1. The molecule has 7 nitrogen and oxygen atoms in total. The van der Waals surface area contributed by atoms with Crippen LogP contribution in [-0.2, 0) is 4.79 Å². The predicted molar refractivity (Wildman–Crippen MR) is 108 cm³/mol. The molecular formula is C20H19ClN4O3. The molecule has 144 valence electrons. The molecule has 0 aliphatic carbocycles. The lowest BCUT2D eigenvalue weighted by Gasteiger charge is -2.22. The molecule has 1 aromatic heterocycles. The molecule has 2 N–H and O–H groups in total. The summed E-state index contributed by atoms with van der Waals surface area (Å²) < 4.78 is 1.02. The molecule has 0 aliphatic heterocycles. The number of hydrogen-bond donors (Lipinski definition) is 2. The minimum absolute atomic E-state index is 0.226. The van der Waals surface area contributed by atoms with Gasteiger partial charge in [0, 0.05) is 0 Å². The molecule has 0 aliphatic rings. The molecule has 3 aromatic rings. The van der Waals surface area contributed by atoms with Gasteiger partial charge < -0.3 is 5.32 Å². The van der Waals surface area contributed by atoms with Gasteiger partial charge in [-0.15, -0.1) is 0 Å². The lowest BCUT2D eigenvalue weighted by atomic mass is 10.0. The van der Waals surface area contributed by atoms with Gasteiger partial charge in [-0.25, -0.2) is 9.66 Å². The van der Waals surface area contributed by atoms with E-state index in [0.29, 0.717) is 10.9 Å². The second-order valence-corrected chi connectivity index (χ2v) is 7.00. The van der Waals surface area contributed by atoms with Crippen LogP contribution < -0.4 is 16.3 Å². The fraction of sp³-hybridized carbons (Fsp3) is 0.200. The van der Waals surface area contributed by atoms with Crippen molar-refractivity contribution in [2.45, 2.75) is 19.9 Å². The Morgan fingerprint density at radius 1 is 1.07 bits per heavy atom. The number of fused-ring (bicyclic) bond motifs is 1. The monoisotopic (exact) mass is 398 g/mol. The van der Waals surface area contributed by atoms with Crippen molar-refractivity contribution in [2.75, 3.05) is 5.43 Å². The van der Waals surface area contributed by atoms with E-state index in [1.54, 1.807) is 62.4 Å². The average molecular weight is 399 g/mol. The van der Waals surface area contributed by atoms with E-state index in [9.17, 15) is 14.4 Å². The maximum absolute atomic E-state index is 12.7. The number of carbonyl (C=O) groups is 2. The van der Waals surface area contributed by atoms with Crippen LogP contribution in [0.2, 0.25) is 5.02 Å². The molecule has 0 bridgehead atoms. The standard InChI is InChI=1S/C20H19ClN4O3/c1-12(2)17(23-18(26)13-7-3-5-9-15(13)21)19(27)24-25-11-22-16-10-6-4-8-14(16)20(25)28/h3-12,17H,1-2H3,(H,23,26)(H,24,27). The zero-order valence-corrected chi connectivity index (χ0v) is 16.1. The van der Waals surface area contributed by atoms with Crippen molar-refractivity contribution in [3.05, 3.63) is 75.8 Å². The van der Waals surface area contributed by atoms with E-state index in [1.165, 1.54) is 6.33 Å². The van der Waals surface area contributed by atoms with Crippen LogP contribution in [-0.4, -0.2) is 27.5 Å². The molecule has 0 spiro atoms. The number of benzene rings is 2. The zero-order chi connectivity index (χ0) is 20.3. The van der Waals surface area contributed by atoms with Crippen molar-refractivity contribution in [1.82, 2.24) is 15.0 Å². The molecule has 0 radical (unpaired) electrons. The summed E-state index contributed by atoms with van der Waals surface area (Å²) >= 11 is 6.05. The first-order valence-corrected chi connectivity index (χ1v) is 9.09. The number of nitrogens with zero attached hydrogens (tertiary/aromatic N) is 2. The van der Waals surface area contributed by atoms with Crippen LogP contribution in [0, 0.1) is 5.92 Å². The topological polar surface area (TPSA) is 93.1 Å². The fourth-order valence-electron chi connectivity index (χ4n) is 2.74. The summed E-state index contributed by atoms with van der Waals surface area (Å²) in [7, 11) is 0. The fourth-order valence-corrected chi connectivity index (χ4v) is 2.96. The van der Waals surface area contributed by atoms with Gasteiger partial charge in [-0.2, -0.15) is 0 Å². The number of nitrogens with one attached hydrogen (secondary N) is 2. The molecule has 0 saturated heterocycles. The van der Waals surface area contributed by atoms with E-state index in [-0.39, 0.29) is 16.5 Å². The SMILES string of the molecule is CC(C)C(NC(=O)c1ccccc1Cl)C(=O)Nn1cnc2ccccc2c1=O. The summed E-state index contributed by atoms with van der Waals surface area (Å²) in [5.41, 5.74) is 2.91. The van der Waals surface area contributed by atoms with Gasteiger partial charge in [-0.1, -0.05) is 49.7 Å². The lowest BCUT2D eigenvalue weighted by molar-refractivity contribution is -0.119. The van der Waals surface area contributed by atoms with Gasteiger partial charge in [0.05, 0.1) is 21.5 Å². The molecular weight excluding hydrogens is 380 g/mol. The molecule has 2 amide bonds. The maximum Gasteiger partial charge on any atom is 0.280 e. The first-order chi connectivity index (χ1) is 13.4.